The highest BCUT2D eigenvalue weighted by Gasteiger charge is 2.23. The lowest BCUT2D eigenvalue weighted by Gasteiger charge is -2.22. The number of esters is 1. The highest BCUT2D eigenvalue weighted by atomic mass is 35.5. The van der Waals surface area contributed by atoms with Crippen LogP contribution in [0.2, 0.25) is 5.02 Å². The number of carbonyl (C=O) groups is 1. The molecule has 0 amide bonds. The fraction of sp³-hybridized carbons (Fsp3) is 0.517. The number of rotatable bonds is 21. The molecule has 2 aromatic rings. The molecule has 1 unspecified atom stereocenters. The number of halogens is 1. The van der Waals surface area contributed by atoms with Gasteiger partial charge in [-0.2, -0.15) is 5.26 Å². The third-order valence-corrected chi connectivity index (χ3v) is 6.00. The van der Waals surface area contributed by atoms with Crippen molar-refractivity contribution in [3.63, 3.8) is 0 Å². The fourth-order valence-corrected chi connectivity index (χ4v) is 3.81. The number of carbonyl (C=O) groups excluding carboxylic acids is 1. The van der Waals surface area contributed by atoms with Gasteiger partial charge in [-0.15, -0.1) is 9.56 Å². The number of pyridine rings is 1. The Morgan fingerprint density at radius 1 is 0.976 bits per heavy atom. The van der Waals surface area contributed by atoms with Crippen LogP contribution in [0.4, 0.5) is 5.69 Å². The number of guanidine groups is 1. The van der Waals surface area contributed by atoms with Crippen LogP contribution in [0, 0.1) is 11.5 Å². The molecule has 0 saturated carbocycles. The van der Waals surface area contributed by atoms with Crippen molar-refractivity contribution >= 4 is 29.2 Å². The van der Waals surface area contributed by atoms with E-state index >= 15 is 0 Å². The number of benzene rings is 1. The maximum Gasteiger partial charge on any atom is 0.426 e. The van der Waals surface area contributed by atoms with Crippen LogP contribution in [0.5, 0.6) is 5.75 Å². The van der Waals surface area contributed by atoms with Crippen LogP contribution in [0.25, 0.3) is 0 Å². The molecule has 0 aliphatic heterocycles. The maximum atomic E-state index is 11.7. The van der Waals surface area contributed by atoms with E-state index in [-0.39, 0.29) is 12.6 Å². The van der Waals surface area contributed by atoms with Crippen molar-refractivity contribution in [3.8, 4) is 11.9 Å². The summed E-state index contributed by atoms with van der Waals surface area (Å²) in [6.07, 6.45) is 7.81. The van der Waals surface area contributed by atoms with E-state index in [0.717, 1.165) is 37.1 Å². The summed E-state index contributed by atoms with van der Waals surface area (Å²) < 4.78 is 34.1. The monoisotopic (exact) mass is 606 g/mol. The Morgan fingerprint density at radius 3 is 2.26 bits per heavy atom. The lowest BCUT2D eigenvalue weighted by Crippen LogP contribution is -2.44. The molecule has 2 N–H and O–H groups in total. The van der Waals surface area contributed by atoms with Gasteiger partial charge in [0.15, 0.2) is 12.4 Å². The third kappa shape index (κ3) is 14.4. The molecule has 13 heteroatoms. The van der Waals surface area contributed by atoms with E-state index in [0.29, 0.717) is 51.2 Å². The van der Waals surface area contributed by atoms with Gasteiger partial charge in [0.25, 0.3) is 0 Å². The molecule has 0 saturated heterocycles. The summed E-state index contributed by atoms with van der Waals surface area (Å²) in [5.41, 5.74) is 6.82. The summed E-state index contributed by atoms with van der Waals surface area (Å²) in [6, 6.07) is 10.9. The van der Waals surface area contributed by atoms with E-state index in [4.69, 9.17) is 51.0 Å². The molecule has 1 heterocycles. The van der Waals surface area contributed by atoms with E-state index in [9.17, 15) is 4.79 Å². The van der Waals surface area contributed by atoms with Gasteiger partial charge in [-0.1, -0.05) is 24.4 Å². The molecule has 12 nitrogen and oxygen atoms in total. The van der Waals surface area contributed by atoms with Crippen molar-refractivity contribution in [1.29, 1.82) is 5.26 Å². The molecule has 0 aliphatic rings. The van der Waals surface area contributed by atoms with Crippen LogP contribution in [-0.4, -0.2) is 71.8 Å². The van der Waals surface area contributed by atoms with Crippen molar-refractivity contribution < 1.29 is 37.8 Å². The Balaban J connectivity index is 1.84. The van der Waals surface area contributed by atoms with Crippen LogP contribution < -0.4 is 19.9 Å². The number of aromatic nitrogens is 1. The first-order valence-electron chi connectivity index (χ1n) is 13.8. The molecule has 1 aromatic carbocycles. The molecule has 1 atom stereocenters. The summed E-state index contributed by atoms with van der Waals surface area (Å²) in [7, 11) is 1.61. The van der Waals surface area contributed by atoms with Crippen LogP contribution in [-0.2, 0) is 28.5 Å². The highest BCUT2D eigenvalue weighted by molar-refractivity contribution is 6.30. The van der Waals surface area contributed by atoms with Crippen molar-refractivity contribution in [3.05, 3.63) is 53.8 Å². The van der Waals surface area contributed by atoms with Crippen molar-refractivity contribution in [2.75, 3.05) is 64.8 Å². The summed E-state index contributed by atoms with van der Waals surface area (Å²) in [4.78, 5) is 17.1. The lowest BCUT2D eigenvalue weighted by molar-refractivity contribution is -0.799. The van der Waals surface area contributed by atoms with Gasteiger partial charge >= 0.3 is 12.4 Å². The molecule has 230 valence electrons. The minimum atomic E-state index is -0.980. The van der Waals surface area contributed by atoms with Gasteiger partial charge in [0.1, 0.15) is 5.75 Å². The molecule has 0 bridgehead atoms. The molecule has 2 rings (SSSR count). The summed E-state index contributed by atoms with van der Waals surface area (Å²) >= 11 is 5.90. The number of methoxy groups -OCH3 is 1. The van der Waals surface area contributed by atoms with Gasteiger partial charge in [0.05, 0.1) is 51.9 Å². The van der Waals surface area contributed by atoms with Gasteiger partial charge in [-0.3, -0.25) is 9.53 Å². The summed E-state index contributed by atoms with van der Waals surface area (Å²) in [6.45, 7) is 4.87. The van der Waals surface area contributed by atoms with E-state index in [2.05, 4.69) is 4.99 Å². The number of nitrogens with two attached hydrogens (primary N) is 1. The number of hydrogen-bond donors (Lipinski definition) is 1. The Labute approximate surface area is 252 Å². The lowest BCUT2D eigenvalue weighted by atomic mass is 10.2. The zero-order valence-electron chi connectivity index (χ0n) is 24.3. The quantitative estimate of drug-likeness (QED) is 0.0426. The van der Waals surface area contributed by atoms with Crippen LogP contribution >= 0.6 is 11.6 Å². The number of unbranched alkanes of at least 4 members (excludes halogenated alkanes) is 3. The number of anilines is 1. The Hall–Kier alpha value is -3.47. The first-order valence-corrected chi connectivity index (χ1v) is 14.1. The molecule has 42 heavy (non-hydrogen) atoms. The number of nitriles is 1. The average Bonchev–Trinajstić information content (AvgIpc) is 2.98. The number of hydrogen-bond acceptors (Lipinski definition) is 9. The Bertz CT molecular complexity index is 1100. The topological polar surface area (TPSA) is 142 Å². The molecule has 0 spiro atoms. The predicted octanol–water partition coefficient (Wildman–Crippen LogP) is 3.58. The summed E-state index contributed by atoms with van der Waals surface area (Å²) in [5, 5.41) is 9.71. The molecular formula is C29H41ClN5O7+. The summed E-state index contributed by atoms with van der Waals surface area (Å²) in [5.74, 6) is 0.397. The van der Waals surface area contributed by atoms with Gasteiger partial charge in [-0.25, -0.2) is 0 Å². The largest absolute Gasteiger partial charge is 0.494 e. The van der Waals surface area contributed by atoms with Crippen molar-refractivity contribution in [2.24, 2.45) is 10.7 Å². The van der Waals surface area contributed by atoms with Crippen LogP contribution in [0.1, 0.15) is 39.0 Å². The molecule has 1 aromatic heterocycles. The number of ether oxygens (including phenoxy) is 6. The van der Waals surface area contributed by atoms with Gasteiger partial charge in [0.2, 0.25) is 12.2 Å². The van der Waals surface area contributed by atoms with E-state index < -0.39 is 12.4 Å². The van der Waals surface area contributed by atoms with Gasteiger partial charge in [-0.05, 0) is 37.1 Å². The molecule has 0 aliphatic carbocycles. The van der Waals surface area contributed by atoms with Crippen molar-refractivity contribution in [1.82, 2.24) is 0 Å². The first kappa shape index (κ1) is 34.7. The van der Waals surface area contributed by atoms with Crippen molar-refractivity contribution in [2.45, 2.75) is 39.0 Å². The standard InChI is InChI=1S/C29H41ClN5O7/c1-24(36)42-29(41-22-21-39-20-19-38-18-17-37-2)34-14-11-26(12-15-34)35(28(32)33-23-31)13-5-3-4-6-16-40-27-9-7-25(30)8-10-27/h7-12,14-15,29H,3-6,13,16-22H2,1-2H3,(H2,32,33)/q+1. The zero-order chi connectivity index (χ0) is 30.4. The second-order valence-electron chi connectivity index (χ2n) is 8.95. The average molecular weight is 607 g/mol. The SMILES string of the molecule is COCCOCCOCCOC(OC(C)=O)[n+]1ccc(N(CCCCCCOc2ccc(Cl)cc2)C(N)=NC#N)cc1. The van der Waals surface area contributed by atoms with Gasteiger partial charge < -0.3 is 34.3 Å². The first-order chi connectivity index (χ1) is 20.4. The molecule has 0 radical (unpaired) electrons. The van der Waals surface area contributed by atoms with Crippen LogP contribution in [0.15, 0.2) is 53.8 Å². The van der Waals surface area contributed by atoms with E-state index in [1.165, 1.54) is 6.92 Å². The Kier molecular flexibility index (Phi) is 17.6. The number of aliphatic imine (C=N–C) groups is 1. The highest BCUT2D eigenvalue weighted by Crippen LogP contribution is 2.17. The van der Waals surface area contributed by atoms with Crippen LogP contribution in [0.3, 0.4) is 0 Å². The molecule has 0 fully saturated rings. The maximum absolute atomic E-state index is 11.7. The molecular weight excluding hydrogens is 566 g/mol. The fourth-order valence-electron chi connectivity index (χ4n) is 3.68. The van der Waals surface area contributed by atoms with E-state index in [1.807, 2.05) is 12.1 Å². The number of nitrogens with zero attached hydrogens (tertiary/aromatic N) is 4. The second-order valence-corrected chi connectivity index (χ2v) is 9.38. The smallest absolute Gasteiger partial charge is 0.426 e. The second kappa shape index (κ2) is 21.3. The minimum absolute atomic E-state index is 0.0949. The van der Waals surface area contributed by atoms with Gasteiger partial charge in [0, 0.05) is 37.7 Å². The van der Waals surface area contributed by atoms with E-state index in [1.54, 1.807) is 59.4 Å². The Morgan fingerprint density at radius 2 is 1.62 bits per heavy atom. The third-order valence-electron chi connectivity index (χ3n) is 5.75. The normalized spacial score (nSPS) is 12.0. The zero-order valence-corrected chi connectivity index (χ0v) is 25.0. The minimum Gasteiger partial charge on any atom is -0.494 e. The predicted molar refractivity (Wildman–Crippen MR) is 157 cm³/mol.